The normalized spacial score (nSPS) is 11.6. The maximum atomic E-state index is 13.2. The molecule has 0 aliphatic rings. The number of carbonyl (C=O) groups is 1. The Bertz CT molecular complexity index is 1390. The van der Waals surface area contributed by atoms with Crippen molar-refractivity contribution in [1.82, 2.24) is 9.47 Å². The Hall–Kier alpha value is -3.16. The zero-order valence-electron chi connectivity index (χ0n) is 19.6. The first-order valence-corrected chi connectivity index (χ1v) is 12.1. The van der Waals surface area contributed by atoms with Crippen LogP contribution in [0.15, 0.2) is 66.9 Å². The van der Waals surface area contributed by atoms with Gasteiger partial charge in [0.15, 0.2) is 0 Å². The molecule has 4 nitrogen and oxygen atoms in total. The van der Waals surface area contributed by atoms with E-state index in [9.17, 15) is 18.0 Å². The lowest BCUT2D eigenvalue weighted by molar-refractivity contribution is -0.137. The van der Waals surface area contributed by atoms with Gasteiger partial charge in [-0.2, -0.15) is 13.2 Å². The van der Waals surface area contributed by atoms with E-state index in [-0.39, 0.29) is 6.54 Å². The minimum atomic E-state index is -4.42. The number of rotatable bonds is 6. The lowest BCUT2D eigenvalue weighted by Gasteiger charge is -2.20. The molecule has 188 valence electrons. The highest BCUT2D eigenvalue weighted by Crippen LogP contribution is 2.40. The Kier molecular flexibility index (Phi) is 7.52. The van der Waals surface area contributed by atoms with Gasteiger partial charge in [0.1, 0.15) is 5.75 Å². The number of halogens is 5. The van der Waals surface area contributed by atoms with Crippen molar-refractivity contribution in [3.63, 3.8) is 0 Å². The van der Waals surface area contributed by atoms with Crippen LogP contribution in [0, 0.1) is 0 Å². The molecule has 1 amide bonds. The van der Waals surface area contributed by atoms with E-state index in [1.54, 1.807) is 47.5 Å². The predicted molar refractivity (Wildman–Crippen MR) is 137 cm³/mol. The Morgan fingerprint density at radius 1 is 0.972 bits per heavy atom. The number of carbonyl (C=O) groups excluding carboxylic acids is 1. The predicted octanol–water partition coefficient (Wildman–Crippen LogP) is 8.52. The number of benzene rings is 3. The van der Waals surface area contributed by atoms with E-state index in [1.165, 1.54) is 6.07 Å². The molecule has 3 aromatic carbocycles. The molecule has 0 N–H and O–H groups in total. The third-order valence-corrected chi connectivity index (χ3v) is 6.33. The van der Waals surface area contributed by atoms with Gasteiger partial charge >= 0.3 is 12.3 Å². The summed E-state index contributed by atoms with van der Waals surface area (Å²) in [5.74, 6) is 0.328. The van der Waals surface area contributed by atoms with E-state index in [0.29, 0.717) is 45.6 Å². The maximum Gasteiger partial charge on any atom is 0.416 e. The Labute approximate surface area is 216 Å². The van der Waals surface area contributed by atoms with Crippen molar-refractivity contribution in [2.75, 3.05) is 13.1 Å². The van der Waals surface area contributed by atoms with E-state index < -0.39 is 17.8 Å². The third kappa shape index (κ3) is 5.47. The smallest absolute Gasteiger partial charge is 0.410 e. The summed E-state index contributed by atoms with van der Waals surface area (Å²) in [6.45, 7) is 4.92. The van der Waals surface area contributed by atoms with Gasteiger partial charge in [0.2, 0.25) is 0 Å². The molecular formula is C27H23Cl2F3N2O2. The highest BCUT2D eigenvalue weighted by Gasteiger charge is 2.30. The number of hydrogen-bond donors (Lipinski definition) is 0. The fourth-order valence-corrected chi connectivity index (χ4v) is 4.68. The summed E-state index contributed by atoms with van der Waals surface area (Å²) in [5, 5.41) is 1.57. The van der Waals surface area contributed by atoms with Crippen LogP contribution < -0.4 is 4.74 Å². The van der Waals surface area contributed by atoms with Gasteiger partial charge in [-0.3, -0.25) is 0 Å². The summed E-state index contributed by atoms with van der Waals surface area (Å²) < 4.78 is 47.2. The van der Waals surface area contributed by atoms with Gasteiger partial charge in [0, 0.05) is 52.3 Å². The van der Waals surface area contributed by atoms with Gasteiger partial charge in [-0.1, -0.05) is 35.3 Å². The number of amides is 1. The summed E-state index contributed by atoms with van der Waals surface area (Å²) in [7, 11) is 0. The maximum absolute atomic E-state index is 13.2. The standard InChI is InChI=1S/C27H23Cl2F3N2O2/c1-3-33(4-2)26(35)36-24-9-8-23-22(25(24)18-13-20(28)15-21(29)14-18)10-11-34(23)16-17-6-5-7-19(12-17)27(30,31)32/h5-15H,3-4,16H2,1-2H3. The number of alkyl halides is 3. The topological polar surface area (TPSA) is 34.5 Å². The Morgan fingerprint density at radius 2 is 1.67 bits per heavy atom. The highest BCUT2D eigenvalue weighted by molar-refractivity contribution is 6.35. The lowest BCUT2D eigenvalue weighted by Crippen LogP contribution is -2.33. The zero-order valence-corrected chi connectivity index (χ0v) is 21.1. The van der Waals surface area contributed by atoms with Crippen molar-refractivity contribution in [2.45, 2.75) is 26.6 Å². The molecule has 0 saturated heterocycles. The Balaban J connectivity index is 1.82. The first-order valence-electron chi connectivity index (χ1n) is 11.3. The molecule has 4 rings (SSSR count). The molecule has 36 heavy (non-hydrogen) atoms. The van der Waals surface area contributed by atoms with E-state index in [1.807, 2.05) is 24.5 Å². The number of nitrogens with zero attached hydrogens (tertiary/aromatic N) is 2. The molecule has 0 bridgehead atoms. The number of fused-ring (bicyclic) bond motifs is 1. The molecule has 0 fully saturated rings. The number of hydrogen-bond acceptors (Lipinski definition) is 2. The van der Waals surface area contributed by atoms with Gasteiger partial charge in [0.05, 0.1) is 5.56 Å². The van der Waals surface area contributed by atoms with E-state index in [2.05, 4.69) is 0 Å². The van der Waals surface area contributed by atoms with Crippen LogP contribution in [0.2, 0.25) is 10.0 Å². The van der Waals surface area contributed by atoms with Crippen molar-refractivity contribution in [1.29, 1.82) is 0 Å². The molecule has 0 aliphatic heterocycles. The van der Waals surface area contributed by atoms with Crippen molar-refractivity contribution < 1.29 is 22.7 Å². The second-order valence-electron chi connectivity index (χ2n) is 8.21. The SMILES string of the molecule is CCN(CC)C(=O)Oc1ccc2c(ccn2Cc2cccc(C(F)(F)F)c2)c1-c1cc(Cl)cc(Cl)c1. The van der Waals surface area contributed by atoms with E-state index >= 15 is 0 Å². The van der Waals surface area contributed by atoms with E-state index in [4.69, 9.17) is 27.9 Å². The third-order valence-electron chi connectivity index (χ3n) is 5.89. The average molecular weight is 535 g/mol. The quantitative estimate of drug-likeness (QED) is 0.248. The van der Waals surface area contributed by atoms with Gasteiger partial charge < -0.3 is 14.2 Å². The van der Waals surface area contributed by atoms with Gasteiger partial charge in [-0.15, -0.1) is 0 Å². The number of ether oxygens (including phenoxy) is 1. The molecule has 4 aromatic rings. The second kappa shape index (κ2) is 10.4. The van der Waals surface area contributed by atoms with Gasteiger partial charge in [-0.05, 0) is 73.5 Å². The zero-order chi connectivity index (χ0) is 26.0. The molecule has 0 unspecified atom stereocenters. The largest absolute Gasteiger partial charge is 0.416 e. The molecule has 0 atom stereocenters. The number of aromatic nitrogens is 1. The molecule has 0 radical (unpaired) electrons. The monoisotopic (exact) mass is 534 g/mol. The first kappa shape index (κ1) is 25.9. The van der Waals surface area contributed by atoms with Crippen LogP contribution in [-0.4, -0.2) is 28.6 Å². The van der Waals surface area contributed by atoms with Crippen molar-refractivity contribution in [3.8, 4) is 16.9 Å². The molecular weight excluding hydrogens is 512 g/mol. The highest BCUT2D eigenvalue weighted by atomic mass is 35.5. The summed E-state index contributed by atoms with van der Waals surface area (Å²) in [5.41, 5.74) is 1.82. The minimum absolute atomic E-state index is 0.224. The fraction of sp³-hybridized carbons (Fsp3) is 0.222. The Morgan fingerprint density at radius 3 is 2.31 bits per heavy atom. The summed E-state index contributed by atoms with van der Waals surface area (Å²) in [6.07, 6.45) is -3.12. The van der Waals surface area contributed by atoms with Crippen molar-refractivity contribution in [3.05, 3.63) is 88.0 Å². The van der Waals surface area contributed by atoms with Crippen LogP contribution in [0.25, 0.3) is 22.0 Å². The molecule has 1 aromatic heterocycles. The van der Waals surface area contributed by atoms with Gasteiger partial charge in [0.25, 0.3) is 0 Å². The molecule has 1 heterocycles. The molecule has 9 heteroatoms. The van der Waals surface area contributed by atoms with Crippen LogP contribution in [0.5, 0.6) is 5.75 Å². The van der Waals surface area contributed by atoms with E-state index in [0.717, 1.165) is 23.0 Å². The van der Waals surface area contributed by atoms with Crippen LogP contribution >= 0.6 is 23.2 Å². The van der Waals surface area contributed by atoms with Crippen LogP contribution in [0.1, 0.15) is 25.0 Å². The van der Waals surface area contributed by atoms with Crippen LogP contribution in [0.3, 0.4) is 0 Å². The summed E-state index contributed by atoms with van der Waals surface area (Å²) >= 11 is 12.5. The second-order valence-corrected chi connectivity index (χ2v) is 9.08. The average Bonchev–Trinajstić information content (AvgIpc) is 3.21. The first-order chi connectivity index (χ1) is 17.1. The van der Waals surface area contributed by atoms with Gasteiger partial charge in [-0.25, -0.2) is 4.79 Å². The molecule has 0 aliphatic carbocycles. The van der Waals surface area contributed by atoms with Crippen molar-refractivity contribution in [2.24, 2.45) is 0 Å². The molecule has 0 saturated carbocycles. The summed E-state index contributed by atoms with van der Waals surface area (Å²) in [6, 6.07) is 15.6. The fourth-order valence-electron chi connectivity index (χ4n) is 4.15. The minimum Gasteiger partial charge on any atom is -0.410 e. The lowest BCUT2D eigenvalue weighted by atomic mass is 10.0. The molecule has 0 spiro atoms. The summed E-state index contributed by atoms with van der Waals surface area (Å²) in [4.78, 5) is 14.3. The van der Waals surface area contributed by atoms with Crippen LogP contribution in [0.4, 0.5) is 18.0 Å². The van der Waals surface area contributed by atoms with Crippen LogP contribution in [-0.2, 0) is 12.7 Å². The van der Waals surface area contributed by atoms with Crippen molar-refractivity contribution >= 4 is 40.2 Å².